The minimum absolute atomic E-state index is 0.0632. The molecule has 5 nitrogen and oxygen atoms in total. The first-order valence-electron chi connectivity index (χ1n) is 8.40. The summed E-state index contributed by atoms with van der Waals surface area (Å²) in [6.07, 6.45) is 3.73. The zero-order valence-electron chi connectivity index (χ0n) is 13.5. The van der Waals surface area contributed by atoms with Gasteiger partial charge < -0.3 is 15.4 Å². The highest BCUT2D eigenvalue weighted by atomic mass is 16.3. The van der Waals surface area contributed by atoms with E-state index in [9.17, 15) is 14.7 Å². The number of H-pyrrole nitrogens is 1. The Morgan fingerprint density at radius 2 is 1.88 bits per heavy atom. The summed E-state index contributed by atoms with van der Waals surface area (Å²) in [5, 5.41) is 12.8. The summed E-state index contributed by atoms with van der Waals surface area (Å²) in [7, 11) is 0. The van der Waals surface area contributed by atoms with Gasteiger partial charge in [-0.25, -0.2) is 0 Å². The van der Waals surface area contributed by atoms with Gasteiger partial charge in [0, 0.05) is 12.2 Å². The van der Waals surface area contributed by atoms with Crippen LogP contribution < -0.4 is 10.9 Å². The maximum atomic E-state index is 12.2. The maximum Gasteiger partial charge on any atom is 0.261 e. The van der Waals surface area contributed by atoms with E-state index in [1.807, 2.05) is 30.3 Å². The van der Waals surface area contributed by atoms with Crippen molar-refractivity contribution < 1.29 is 9.90 Å². The second-order valence-corrected chi connectivity index (χ2v) is 6.30. The first-order chi connectivity index (χ1) is 11.6. The van der Waals surface area contributed by atoms with Crippen molar-refractivity contribution in [1.82, 2.24) is 10.3 Å². The molecule has 1 unspecified atom stereocenters. The van der Waals surface area contributed by atoms with Crippen LogP contribution in [-0.4, -0.2) is 28.6 Å². The lowest BCUT2D eigenvalue weighted by atomic mass is 10.0. The molecule has 5 heteroatoms. The van der Waals surface area contributed by atoms with Crippen LogP contribution in [0.4, 0.5) is 0 Å². The van der Waals surface area contributed by atoms with Gasteiger partial charge in [-0.1, -0.05) is 43.2 Å². The number of pyridine rings is 1. The lowest BCUT2D eigenvalue weighted by Crippen LogP contribution is -2.37. The molecule has 24 heavy (non-hydrogen) atoms. The van der Waals surface area contributed by atoms with E-state index in [4.69, 9.17) is 0 Å². The first-order valence-corrected chi connectivity index (χ1v) is 8.40. The molecule has 3 N–H and O–H groups in total. The van der Waals surface area contributed by atoms with Crippen molar-refractivity contribution in [3.63, 3.8) is 0 Å². The number of benzene rings is 1. The standard InChI is InChI=1S/C19H22N2O3/c22-17(14-8-4-5-9-14)12-20-18(23)15-10-11-16(21-19(15)24)13-6-2-1-3-7-13/h1-3,6-7,10-11,14,17,22H,4-5,8-9,12H2,(H,20,23)(H,21,24). The van der Waals surface area contributed by atoms with E-state index in [0.717, 1.165) is 31.2 Å². The third-order valence-corrected chi connectivity index (χ3v) is 4.65. The number of aromatic nitrogens is 1. The number of aliphatic hydroxyl groups excluding tert-OH is 1. The topological polar surface area (TPSA) is 82.2 Å². The van der Waals surface area contributed by atoms with Gasteiger partial charge in [-0.15, -0.1) is 0 Å². The van der Waals surface area contributed by atoms with Crippen molar-refractivity contribution in [3.05, 3.63) is 58.4 Å². The molecule has 1 heterocycles. The zero-order chi connectivity index (χ0) is 16.9. The van der Waals surface area contributed by atoms with Gasteiger partial charge in [0.2, 0.25) is 0 Å². The maximum absolute atomic E-state index is 12.2. The van der Waals surface area contributed by atoms with Gasteiger partial charge in [-0.05, 0) is 36.5 Å². The minimum atomic E-state index is -0.542. The van der Waals surface area contributed by atoms with Gasteiger partial charge in [0.05, 0.1) is 6.10 Å². The Morgan fingerprint density at radius 3 is 2.54 bits per heavy atom. The largest absolute Gasteiger partial charge is 0.391 e. The summed E-state index contributed by atoms with van der Waals surface area (Å²) in [4.78, 5) is 27.1. The third kappa shape index (κ3) is 3.74. The average Bonchev–Trinajstić information content (AvgIpc) is 3.15. The lowest BCUT2D eigenvalue weighted by molar-refractivity contribution is 0.0839. The number of hydrogen-bond donors (Lipinski definition) is 3. The van der Waals surface area contributed by atoms with Gasteiger partial charge in [-0.2, -0.15) is 0 Å². The Balaban J connectivity index is 1.66. The summed E-state index contributed by atoms with van der Waals surface area (Å²) >= 11 is 0. The van der Waals surface area contributed by atoms with Crippen molar-refractivity contribution in [2.45, 2.75) is 31.8 Å². The van der Waals surface area contributed by atoms with Gasteiger partial charge in [-0.3, -0.25) is 9.59 Å². The number of nitrogens with one attached hydrogen (secondary N) is 2. The van der Waals surface area contributed by atoms with Crippen LogP contribution in [0.5, 0.6) is 0 Å². The van der Waals surface area contributed by atoms with E-state index in [1.54, 1.807) is 6.07 Å². The summed E-state index contributed by atoms with van der Waals surface area (Å²) < 4.78 is 0. The van der Waals surface area contributed by atoms with E-state index in [0.29, 0.717) is 5.69 Å². The Hall–Kier alpha value is -2.40. The molecule has 0 saturated heterocycles. The number of rotatable bonds is 5. The van der Waals surface area contributed by atoms with Crippen LogP contribution >= 0.6 is 0 Å². The van der Waals surface area contributed by atoms with Crippen molar-refractivity contribution in [3.8, 4) is 11.3 Å². The number of carbonyl (C=O) groups excluding carboxylic acids is 1. The molecule has 0 aliphatic heterocycles. The Labute approximate surface area is 140 Å². The molecule has 1 saturated carbocycles. The Kier molecular flexibility index (Phi) is 5.11. The molecular formula is C19H22N2O3. The van der Waals surface area contributed by atoms with Gasteiger partial charge in [0.25, 0.3) is 11.5 Å². The van der Waals surface area contributed by atoms with E-state index in [-0.39, 0.29) is 18.0 Å². The van der Waals surface area contributed by atoms with Crippen LogP contribution in [0, 0.1) is 5.92 Å². The summed E-state index contributed by atoms with van der Waals surface area (Å²) in [6, 6.07) is 12.7. The zero-order valence-corrected chi connectivity index (χ0v) is 13.5. The molecule has 126 valence electrons. The van der Waals surface area contributed by atoms with E-state index >= 15 is 0 Å². The van der Waals surface area contributed by atoms with Crippen molar-refractivity contribution in [2.75, 3.05) is 6.54 Å². The second kappa shape index (κ2) is 7.45. The summed E-state index contributed by atoms with van der Waals surface area (Å²) in [6.45, 7) is 0.184. The van der Waals surface area contributed by atoms with Crippen LogP contribution in [0.25, 0.3) is 11.3 Å². The molecule has 0 radical (unpaired) electrons. The predicted molar refractivity (Wildman–Crippen MR) is 92.8 cm³/mol. The quantitative estimate of drug-likeness (QED) is 0.788. The summed E-state index contributed by atoms with van der Waals surface area (Å²) in [5.74, 6) is -0.197. The van der Waals surface area contributed by atoms with Crippen molar-refractivity contribution in [2.24, 2.45) is 5.92 Å². The van der Waals surface area contributed by atoms with Gasteiger partial charge in [0.15, 0.2) is 0 Å². The summed E-state index contributed by atoms with van der Waals surface area (Å²) in [5.41, 5.74) is 1.19. The number of hydrogen-bond acceptors (Lipinski definition) is 3. The smallest absolute Gasteiger partial charge is 0.261 e. The Morgan fingerprint density at radius 1 is 1.17 bits per heavy atom. The van der Waals surface area contributed by atoms with Crippen LogP contribution in [0.2, 0.25) is 0 Å². The normalized spacial score (nSPS) is 16.0. The van der Waals surface area contributed by atoms with Crippen LogP contribution in [0.1, 0.15) is 36.0 Å². The van der Waals surface area contributed by atoms with Crippen molar-refractivity contribution in [1.29, 1.82) is 0 Å². The van der Waals surface area contributed by atoms with E-state index < -0.39 is 17.6 Å². The molecule has 1 aliphatic rings. The molecular weight excluding hydrogens is 304 g/mol. The molecule has 1 aromatic heterocycles. The Bertz CT molecular complexity index is 749. The van der Waals surface area contributed by atoms with E-state index in [2.05, 4.69) is 10.3 Å². The average molecular weight is 326 g/mol. The van der Waals surface area contributed by atoms with Crippen LogP contribution in [0.15, 0.2) is 47.3 Å². The van der Waals surface area contributed by atoms with E-state index in [1.165, 1.54) is 6.07 Å². The molecule has 1 aliphatic carbocycles. The van der Waals surface area contributed by atoms with Crippen LogP contribution in [0.3, 0.4) is 0 Å². The fraction of sp³-hybridized carbons (Fsp3) is 0.368. The fourth-order valence-electron chi connectivity index (χ4n) is 3.24. The highest BCUT2D eigenvalue weighted by Gasteiger charge is 2.23. The molecule has 1 fully saturated rings. The number of carbonyl (C=O) groups is 1. The second-order valence-electron chi connectivity index (χ2n) is 6.30. The van der Waals surface area contributed by atoms with Crippen molar-refractivity contribution >= 4 is 5.91 Å². The molecule has 2 aromatic rings. The third-order valence-electron chi connectivity index (χ3n) is 4.65. The first kappa shape index (κ1) is 16.5. The molecule has 1 amide bonds. The highest BCUT2D eigenvalue weighted by molar-refractivity contribution is 5.94. The molecule has 1 aromatic carbocycles. The SMILES string of the molecule is O=C(NCC(O)C1CCCC1)c1ccc(-c2ccccc2)[nH]c1=O. The molecule has 0 bridgehead atoms. The predicted octanol–water partition coefficient (Wildman–Crippen LogP) is 2.32. The fourth-order valence-corrected chi connectivity index (χ4v) is 3.24. The van der Waals surface area contributed by atoms with Gasteiger partial charge in [0.1, 0.15) is 5.56 Å². The highest BCUT2D eigenvalue weighted by Crippen LogP contribution is 2.27. The molecule has 3 rings (SSSR count). The monoisotopic (exact) mass is 326 g/mol. The van der Waals surface area contributed by atoms with Gasteiger partial charge >= 0.3 is 0 Å². The molecule has 0 spiro atoms. The number of amides is 1. The minimum Gasteiger partial charge on any atom is -0.391 e. The lowest BCUT2D eigenvalue weighted by Gasteiger charge is -2.17. The molecule has 1 atom stereocenters. The number of aromatic amines is 1. The van der Waals surface area contributed by atoms with Crippen LogP contribution in [-0.2, 0) is 0 Å². The number of aliphatic hydroxyl groups is 1.